The van der Waals surface area contributed by atoms with E-state index in [0.717, 1.165) is 31.5 Å². The number of Topliss-reactive ketones (excluding diaryl/α,β-unsaturated/α-hetero) is 1. The molecule has 1 saturated heterocycles. The monoisotopic (exact) mass is 233 g/mol. The van der Waals surface area contributed by atoms with Gasteiger partial charge < -0.3 is 5.11 Å². The topological polar surface area (TPSA) is 40.5 Å². The molecule has 0 amide bonds. The van der Waals surface area contributed by atoms with E-state index < -0.39 is 0 Å². The van der Waals surface area contributed by atoms with Crippen molar-refractivity contribution in [2.45, 2.75) is 25.4 Å². The molecule has 2 rings (SSSR count). The lowest BCUT2D eigenvalue weighted by Crippen LogP contribution is -2.39. The number of hydrogen-bond acceptors (Lipinski definition) is 3. The van der Waals surface area contributed by atoms with Crippen molar-refractivity contribution in [3.63, 3.8) is 0 Å². The van der Waals surface area contributed by atoms with Crippen molar-refractivity contribution in [2.24, 2.45) is 0 Å². The minimum absolute atomic E-state index is 0.171. The summed E-state index contributed by atoms with van der Waals surface area (Å²) < 4.78 is 0. The molecule has 1 aliphatic rings. The van der Waals surface area contributed by atoms with E-state index in [9.17, 15) is 9.90 Å². The van der Waals surface area contributed by atoms with Crippen LogP contribution in [0.2, 0.25) is 0 Å². The summed E-state index contributed by atoms with van der Waals surface area (Å²) in [5, 5.41) is 9.38. The van der Waals surface area contributed by atoms with Crippen molar-refractivity contribution >= 4 is 5.78 Å². The summed E-state index contributed by atoms with van der Waals surface area (Å²) in [7, 11) is 0. The lowest BCUT2D eigenvalue weighted by Gasteiger charge is -2.28. The quantitative estimate of drug-likeness (QED) is 0.851. The van der Waals surface area contributed by atoms with Gasteiger partial charge in [-0.15, -0.1) is 0 Å². The highest BCUT2D eigenvalue weighted by atomic mass is 16.3. The molecular formula is C14H19NO2. The standard InChI is InChI=1S/C14H19NO2/c16-13-6-8-15(9-7-13)11-14(17)10-12-4-2-1-3-5-12/h1-5,13,16H,6-11H2. The third-order valence-electron chi connectivity index (χ3n) is 3.20. The van der Waals surface area contributed by atoms with Crippen LogP contribution in [0.5, 0.6) is 0 Å². The zero-order valence-electron chi connectivity index (χ0n) is 10.0. The molecule has 3 heteroatoms. The highest BCUT2D eigenvalue weighted by Gasteiger charge is 2.18. The van der Waals surface area contributed by atoms with Gasteiger partial charge in [0.05, 0.1) is 12.6 Å². The van der Waals surface area contributed by atoms with Crippen LogP contribution in [0.4, 0.5) is 0 Å². The Bertz CT molecular complexity index is 356. The molecule has 0 aliphatic carbocycles. The van der Waals surface area contributed by atoms with E-state index in [1.807, 2.05) is 30.3 Å². The molecule has 1 fully saturated rings. The van der Waals surface area contributed by atoms with Gasteiger partial charge in [0.25, 0.3) is 0 Å². The molecule has 3 nitrogen and oxygen atoms in total. The molecule has 0 radical (unpaired) electrons. The van der Waals surface area contributed by atoms with Crippen molar-refractivity contribution in [1.29, 1.82) is 0 Å². The lowest BCUT2D eigenvalue weighted by atomic mass is 10.1. The Labute approximate surface area is 102 Å². The van der Waals surface area contributed by atoms with Gasteiger partial charge >= 0.3 is 0 Å². The highest BCUT2D eigenvalue weighted by Crippen LogP contribution is 2.10. The summed E-state index contributed by atoms with van der Waals surface area (Å²) in [6.07, 6.45) is 1.92. The molecular weight excluding hydrogens is 214 g/mol. The van der Waals surface area contributed by atoms with Crippen LogP contribution >= 0.6 is 0 Å². The number of carbonyl (C=O) groups is 1. The van der Waals surface area contributed by atoms with E-state index in [2.05, 4.69) is 4.90 Å². The van der Waals surface area contributed by atoms with Crippen LogP contribution in [-0.4, -0.2) is 41.5 Å². The Morgan fingerprint density at radius 2 is 1.88 bits per heavy atom. The summed E-state index contributed by atoms with van der Waals surface area (Å²) in [6, 6.07) is 9.84. The molecule has 1 heterocycles. The maximum atomic E-state index is 11.9. The lowest BCUT2D eigenvalue weighted by molar-refractivity contribution is -0.120. The fourth-order valence-electron chi connectivity index (χ4n) is 2.21. The number of piperidine rings is 1. The van der Waals surface area contributed by atoms with E-state index in [0.29, 0.717) is 13.0 Å². The Balaban J connectivity index is 1.78. The molecule has 0 bridgehead atoms. The normalized spacial score (nSPS) is 18.2. The Kier molecular flexibility index (Phi) is 4.29. The van der Waals surface area contributed by atoms with Gasteiger partial charge in [0.15, 0.2) is 5.78 Å². The Morgan fingerprint density at radius 1 is 1.24 bits per heavy atom. The summed E-state index contributed by atoms with van der Waals surface area (Å²) >= 11 is 0. The predicted molar refractivity (Wildman–Crippen MR) is 66.8 cm³/mol. The van der Waals surface area contributed by atoms with Gasteiger partial charge in [-0.2, -0.15) is 0 Å². The molecule has 1 N–H and O–H groups in total. The van der Waals surface area contributed by atoms with Crippen LogP contribution in [0.15, 0.2) is 30.3 Å². The van der Waals surface area contributed by atoms with E-state index in [1.165, 1.54) is 0 Å². The fourth-order valence-corrected chi connectivity index (χ4v) is 2.21. The molecule has 0 saturated carbocycles. The van der Waals surface area contributed by atoms with Crippen LogP contribution in [-0.2, 0) is 11.2 Å². The minimum atomic E-state index is -0.171. The molecule has 0 aromatic heterocycles. The number of nitrogens with zero attached hydrogens (tertiary/aromatic N) is 1. The highest BCUT2D eigenvalue weighted by molar-refractivity contribution is 5.82. The summed E-state index contributed by atoms with van der Waals surface area (Å²) in [5.41, 5.74) is 1.08. The average Bonchev–Trinajstić information content (AvgIpc) is 2.33. The minimum Gasteiger partial charge on any atom is -0.393 e. The Morgan fingerprint density at radius 3 is 2.53 bits per heavy atom. The first-order chi connectivity index (χ1) is 8.24. The second-order valence-electron chi connectivity index (χ2n) is 4.71. The summed E-state index contributed by atoms with van der Waals surface area (Å²) in [6.45, 7) is 2.19. The molecule has 92 valence electrons. The van der Waals surface area contributed by atoms with Crippen molar-refractivity contribution in [1.82, 2.24) is 4.90 Å². The zero-order valence-corrected chi connectivity index (χ0v) is 10.0. The first kappa shape index (κ1) is 12.3. The maximum Gasteiger partial charge on any atom is 0.151 e. The molecule has 0 spiro atoms. The number of benzene rings is 1. The van der Waals surface area contributed by atoms with Crippen LogP contribution < -0.4 is 0 Å². The average molecular weight is 233 g/mol. The number of rotatable bonds is 4. The zero-order chi connectivity index (χ0) is 12.1. The summed E-state index contributed by atoms with van der Waals surface area (Å²) in [5.74, 6) is 0.257. The number of aliphatic hydroxyl groups excluding tert-OH is 1. The van der Waals surface area contributed by atoms with Crippen LogP contribution in [0, 0.1) is 0 Å². The second kappa shape index (κ2) is 5.94. The van der Waals surface area contributed by atoms with Crippen molar-refractivity contribution < 1.29 is 9.90 Å². The van der Waals surface area contributed by atoms with Gasteiger partial charge in [0.2, 0.25) is 0 Å². The third kappa shape index (κ3) is 3.95. The van der Waals surface area contributed by atoms with Crippen LogP contribution in [0.25, 0.3) is 0 Å². The first-order valence-corrected chi connectivity index (χ1v) is 6.20. The number of ketones is 1. The van der Waals surface area contributed by atoms with Gasteiger partial charge in [-0.25, -0.2) is 0 Å². The molecule has 17 heavy (non-hydrogen) atoms. The smallest absolute Gasteiger partial charge is 0.151 e. The van der Waals surface area contributed by atoms with Gasteiger partial charge in [0, 0.05) is 19.5 Å². The van der Waals surface area contributed by atoms with E-state index in [-0.39, 0.29) is 11.9 Å². The number of aliphatic hydroxyl groups is 1. The number of carbonyl (C=O) groups excluding carboxylic acids is 1. The molecule has 1 aliphatic heterocycles. The van der Waals surface area contributed by atoms with Crippen molar-refractivity contribution in [3.05, 3.63) is 35.9 Å². The van der Waals surface area contributed by atoms with E-state index >= 15 is 0 Å². The van der Waals surface area contributed by atoms with E-state index in [1.54, 1.807) is 0 Å². The van der Waals surface area contributed by atoms with Gasteiger partial charge in [-0.05, 0) is 18.4 Å². The van der Waals surface area contributed by atoms with Gasteiger partial charge in [-0.3, -0.25) is 9.69 Å². The second-order valence-corrected chi connectivity index (χ2v) is 4.71. The van der Waals surface area contributed by atoms with Crippen molar-refractivity contribution in [3.8, 4) is 0 Å². The van der Waals surface area contributed by atoms with Crippen LogP contribution in [0.3, 0.4) is 0 Å². The first-order valence-electron chi connectivity index (χ1n) is 6.20. The SMILES string of the molecule is O=C(Cc1ccccc1)CN1CCC(O)CC1. The van der Waals surface area contributed by atoms with Crippen molar-refractivity contribution in [2.75, 3.05) is 19.6 Å². The molecule has 0 atom stereocenters. The van der Waals surface area contributed by atoms with Crippen LogP contribution in [0.1, 0.15) is 18.4 Å². The number of hydrogen-bond donors (Lipinski definition) is 1. The van der Waals surface area contributed by atoms with Gasteiger partial charge in [-0.1, -0.05) is 30.3 Å². The molecule has 0 unspecified atom stereocenters. The third-order valence-corrected chi connectivity index (χ3v) is 3.20. The predicted octanol–water partition coefficient (Wildman–Crippen LogP) is 1.25. The maximum absolute atomic E-state index is 11.9. The largest absolute Gasteiger partial charge is 0.393 e. The number of likely N-dealkylation sites (tertiary alicyclic amines) is 1. The summed E-state index contributed by atoms with van der Waals surface area (Å²) in [4.78, 5) is 14.0. The van der Waals surface area contributed by atoms with E-state index in [4.69, 9.17) is 0 Å². The van der Waals surface area contributed by atoms with Gasteiger partial charge in [0.1, 0.15) is 0 Å². The molecule has 1 aromatic carbocycles. The Hall–Kier alpha value is -1.19. The fraction of sp³-hybridized carbons (Fsp3) is 0.500. The molecule has 1 aromatic rings.